The average Bonchev–Trinajstić information content (AvgIpc) is 2.97. The molecular weight excluding hydrogens is 254 g/mol. The van der Waals surface area contributed by atoms with E-state index in [2.05, 4.69) is 9.55 Å². The highest BCUT2D eigenvalue weighted by Gasteiger charge is 2.42. The summed E-state index contributed by atoms with van der Waals surface area (Å²) >= 11 is 0. The first-order valence-electron chi connectivity index (χ1n) is 7.81. The second kappa shape index (κ2) is 5.13. The van der Waals surface area contributed by atoms with Crippen LogP contribution in [0.2, 0.25) is 0 Å². The van der Waals surface area contributed by atoms with E-state index in [4.69, 9.17) is 15.2 Å². The molecule has 20 heavy (non-hydrogen) atoms. The first-order valence-corrected chi connectivity index (χ1v) is 7.81. The van der Waals surface area contributed by atoms with Crippen LogP contribution in [0.5, 0.6) is 0 Å². The molecule has 3 heterocycles. The van der Waals surface area contributed by atoms with Gasteiger partial charge in [-0.1, -0.05) is 0 Å². The minimum absolute atomic E-state index is 0.0282. The maximum Gasteiger partial charge on any atom is 0.0952 e. The van der Waals surface area contributed by atoms with E-state index in [-0.39, 0.29) is 6.04 Å². The van der Waals surface area contributed by atoms with Crippen molar-refractivity contribution in [3.63, 3.8) is 0 Å². The fourth-order valence-electron chi connectivity index (χ4n) is 3.70. The van der Waals surface area contributed by atoms with Gasteiger partial charge in [-0.05, 0) is 31.6 Å². The van der Waals surface area contributed by atoms with Crippen LogP contribution >= 0.6 is 0 Å². The van der Waals surface area contributed by atoms with Crippen molar-refractivity contribution in [2.24, 2.45) is 17.6 Å². The van der Waals surface area contributed by atoms with Crippen LogP contribution in [0, 0.1) is 11.8 Å². The Morgan fingerprint density at radius 2 is 2.15 bits per heavy atom. The zero-order chi connectivity index (χ0) is 13.5. The van der Waals surface area contributed by atoms with E-state index < -0.39 is 0 Å². The highest BCUT2D eigenvalue weighted by atomic mass is 16.5. The third-order valence-corrected chi connectivity index (χ3v) is 5.06. The minimum Gasteiger partial charge on any atom is -0.381 e. The lowest BCUT2D eigenvalue weighted by atomic mass is 9.96. The van der Waals surface area contributed by atoms with Crippen LogP contribution in [-0.2, 0) is 9.47 Å². The van der Waals surface area contributed by atoms with Crippen molar-refractivity contribution in [1.82, 2.24) is 9.55 Å². The molecule has 4 unspecified atom stereocenters. The Bertz CT molecular complexity index is 465. The molecule has 2 N–H and O–H groups in total. The maximum atomic E-state index is 6.47. The first kappa shape index (κ1) is 12.8. The topological polar surface area (TPSA) is 62.3 Å². The zero-order valence-corrected chi connectivity index (χ0v) is 11.8. The van der Waals surface area contributed by atoms with Crippen molar-refractivity contribution >= 4 is 0 Å². The molecular formula is C15H23N3O2. The average molecular weight is 277 g/mol. The van der Waals surface area contributed by atoms with Crippen LogP contribution < -0.4 is 5.73 Å². The Balaban J connectivity index is 1.57. The van der Waals surface area contributed by atoms with Gasteiger partial charge in [0, 0.05) is 25.3 Å². The molecule has 2 aliphatic heterocycles. The van der Waals surface area contributed by atoms with Crippen molar-refractivity contribution < 1.29 is 9.47 Å². The summed E-state index contributed by atoms with van der Waals surface area (Å²) in [6.45, 7) is 2.48. The number of nitrogens with two attached hydrogens (primary N) is 1. The zero-order valence-electron chi connectivity index (χ0n) is 11.8. The van der Waals surface area contributed by atoms with Crippen LogP contribution in [0.25, 0.3) is 0 Å². The van der Waals surface area contributed by atoms with Crippen LogP contribution in [-0.4, -0.2) is 35.5 Å². The van der Waals surface area contributed by atoms with Gasteiger partial charge in [-0.3, -0.25) is 0 Å². The fraction of sp³-hybridized carbons (Fsp3) is 0.800. The summed E-state index contributed by atoms with van der Waals surface area (Å²) in [4.78, 5) is 4.36. The third-order valence-electron chi connectivity index (χ3n) is 5.06. The van der Waals surface area contributed by atoms with Crippen molar-refractivity contribution in [2.45, 2.75) is 43.9 Å². The van der Waals surface area contributed by atoms with Gasteiger partial charge in [0.1, 0.15) is 0 Å². The Morgan fingerprint density at radius 3 is 2.90 bits per heavy atom. The van der Waals surface area contributed by atoms with Gasteiger partial charge in [-0.15, -0.1) is 0 Å². The quantitative estimate of drug-likeness (QED) is 0.909. The van der Waals surface area contributed by atoms with E-state index in [0.29, 0.717) is 18.1 Å². The van der Waals surface area contributed by atoms with Crippen molar-refractivity contribution in [3.05, 3.63) is 18.2 Å². The summed E-state index contributed by atoms with van der Waals surface area (Å²) in [5.74, 6) is 1.18. The number of rotatable bonds is 4. The molecule has 1 aromatic heterocycles. The van der Waals surface area contributed by atoms with Crippen molar-refractivity contribution in [3.8, 4) is 0 Å². The monoisotopic (exact) mass is 277 g/mol. The predicted octanol–water partition coefficient (Wildman–Crippen LogP) is 1.66. The number of imidazole rings is 1. The number of hydrogen-bond donors (Lipinski definition) is 1. The van der Waals surface area contributed by atoms with Crippen LogP contribution in [0.3, 0.4) is 0 Å². The summed E-state index contributed by atoms with van der Waals surface area (Å²) in [6, 6.07) is 0.453. The first-order chi connectivity index (χ1) is 9.84. The van der Waals surface area contributed by atoms with Gasteiger partial charge in [0.05, 0.1) is 36.8 Å². The van der Waals surface area contributed by atoms with Gasteiger partial charge in [-0.2, -0.15) is 0 Å². The van der Waals surface area contributed by atoms with E-state index in [1.807, 2.05) is 12.5 Å². The highest BCUT2D eigenvalue weighted by Crippen LogP contribution is 2.44. The third kappa shape index (κ3) is 2.18. The maximum absolute atomic E-state index is 6.47. The van der Waals surface area contributed by atoms with Gasteiger partial charge in [0.15, 0.2) is 0 Å². The molecule has 0 spiro atoms. The summed E-state index contributed by atoms with van der Waals surface area (Å²) in [6.07, 6.45) is 9.01. The van der Waals surface area contributed by atoms with E-state index in [9.17, 15) is 0 Å². The Kier molecular flexibility index (Phi) is 3.28. The van der Waals surface area contributed by atoms with Gasteiger partial charge >= 0.3 is 0 Å². The van der Waals surface area contributed by atoms with Crippen molar-refractivity contribution in [2.75, 3.05) is 19.8 Å². The molecule has 1 aromatic rings. The van der Waals surface area contributed by atoms with Gasteiger partial charge in [-0.25, -0.2) is 4.98 Å². The highest BCUT2D eigenvalue weighted by molar-refractivity contribution is 5.10. The number of ether oxygens (including phenoxy) is 2. The fourth-order valence-corrected chi connectivity index (χ4v) is 3.70. The number of aromatic nitrogens is 2. The van der Waals surface area contributed by atoms with Crippen LogP contribution in [0.1, 0.15) is 43.5 Å². The molecule has 0 radical (unpaired) electrons. The van der Waals surface area contributed by atoms with E-state index in [1.165, 1.54) is 12.8 Å². The molecule has 5 heteroatoms. The van der Waals surface area contributed by atoms with Crippen molar-refractivity contribution in [1.29, 1.82) is 0 Å². The molecule has 110 valence electrons. The van der Waals surface area contributed by atoms with Crippen LogP contribution in [0.15, 0.2) is 12.5 Å². The van der Waals surface area contributed by atoms with Crippen LogP contribution in [0.4, 0.5) is 0 Å². The molecule has 0 aromatic carbocycles. The summed E-state index contributed by atoms with van der Waals surface area (Å²) < 4.78 is 13.7. The lowest BCUT2D eigenvalue weighted by Crippen LogP contribution is -2.29. The van der Waals surface area contributed by atoms with E-state index >= 15 is 0 Å². The second-order valence-corrected chi connectivity index (χ2v) is 6.40. The van der Waals surface area contributed by atoms with Gasteiger partial charge < -0.3 is 19.8 Å². The lowest BCUT2D eigenvalue weighted by Gasteiger charge is -2.25. The normalized spacial score (nSPS) is 35.5. The summed E-state index contributed by atoms with van der Waals surface area (Å²) in [5.41, 5.74) is 7.62. The van der Waals surface area contributed by atoms with Gasteiger partial charge in [0.25, 0.3) is 0 Å². The molecule has 1 saturated carbocycles. The smallest absolute Gasteiger partial charge is 0.0952 e. The lowest BCUT2D eigenvalue weighted by molar-refractivity contribution is 0.0741. The Hall–Kier alpha value is -0.910. The standard InChI is InChI=1S/C15H23N3O2/c16-14(11-3-5-19-8-11)13-7-17-9-18(13)12-4-6-20-15(12)10-1-2-10/h7,9-12,14-15H,1-6,8,16H2. The predicted molar refractivity (Wildman–Crippen MR) is 74.2 cm³/mol. The summed E-state index contributed by atoms with van der Waals surface area (Å²) in [5, 5.41) is 0. The molecule has 0 bridgehead atoms. The molecule has 1 aliphatic carbocycles. The molecule has 4 rings (SSSR count). The van der Waals surface area contributed by atoms with Gasteiger partial charge in [0.2, 0.25) is 0 Å². The Morgan fingerprint density at radius 1 is 1.25 bits per heavy atom. The second-order valence-electron chi connectivity index (χ2n) is 6.40. The molecule has 2 saturated heterocycles. The molecule has 4 atom stereocenters. The van der Waals surface area contributed by atoms with E-state index in [0.717, 1.165) is 44.3 Å². The number of nitrogens with zero attached hydrogens (tertiary/aromatic N) is 2. The largest absolute Gasteiger partial charge is 0.381 e. The Labute approximate surface area is 119 Å². The molecule has 5 nitrogen and oxygen atoms in total. The minimum atomic E-state index is 0.0282. The summed E-state index contributed by atoms with van der Waals surface area (Å²) in [7, 11) is 0. The molecule has 3 fully saturated rings. The number of hydrogen-bond acceptors (Lipinski definition) is 4. The molecule has 0 amide bonds. The molecule has 3 aliphatic rings. The SMILES string of the molecule is NC(c1cncn1C1CCOC1C1CC1)C1CCOC1. The van der Waals surface area contributed by atoms with E-state index in [1.54, 1.807) is 0 Å².